The summed E-state index contributed by atoms with van der Waals surface area (Å²) in [6.07, 6.45) is 6.84. The average molecular weight is 230 g/mol. The van der Waals surface area contributed by atoms with E-state index in [1.807, 2.05) is 0 Å². The number of pyridine rings is 1. The molecule has 4 heteroatoms. The van der Waals surface area contributed by atoms with E-state index in [4.69, 9.17) is 5.73 Å². The standard InChI is InChI=1S/C13H18N4/c1-10-4-7-17-11(8-10)15-16-12(17)13(9-14)5-2-3-6-13/h4,7-8H,2-3,5-6,9,14H2,1H3. The second kappa shape index (κ2) is 3.81. The Labute approximate surface area is 101 Å². The van der Waals surface area contributed by atoms with Gasteiger partial charge >= 0.3 is 0 Å². The number of fused-ring (bicyclic) bond motifs is 1. The molecule has 0 aromatic carbocycles. The fourth-order valence-corrected chi connectivity index (χ4v) is 2.93. The molecule has 1 fully saturated rings. The molecule has 4 nitrogen and oxygen atoms in total. The Morgan fingerprint density at radius 3 is 2.82 bits per heavy atom. The summed E-state index contributed by atoms with van der Waals surface area (Å²) in [5, 5.41) is 8.67. The van der Waals surface area contributed by atoms with Crippen molar-refractivity contribution in [3.63, 3.8) is 0 Å². The topological polar surface area (TPSA) is 56.2 Å². The fraction of sp³-hybridized carbons (Fsp3) is 0.538. The molecule has 3 rings (SSSR count). The van der Waals surface area contributed by atoms with Crippen molar-refractivity contribution in [2.45, 2.75) is 38.0 Å². The van der Waals surface area contributed by atoms with E-state index in [0.29, 0.717) is 6.54 Å². The normalized spacial score (nSPS) is 18.9. The zero-order chi connectivity index (χ0) is 11.9. The highest BCUT2D eigenvalue weighted by Gasteiger charge is 2.38. The maximum absolute atomic E-state index is 6.00. The van der Waals surface area contributed by atoms with E-state index < -0.39 is 0 Å². The summed E-state index contributed by atoms with van der Waals surface area (Å²) in [6, 6.07) is 4.16. The van der Waals surface area contributed by atoms with Crippen LogP contribution in [0.25, 0.3) is 5.65 Å². The molecule has 17 heavy (non-hydrogen) atoms. The molecule has 0 atom stereocenters. The van der Waals surface area contributed by atoms with Crippen LogP contribution in [0.15, 0.2) is 18.3 Å². The number of rotatable bonds is 2. The minimum atomic E-state index is 0.0503. The van der Waals surface area contributed by atoms with Crippen molar-refractivity contribution in [3.8, 4) is 0 Å². The predicted molar refractivity (Wildman–Crippen MR) is 66.9 cm³/mol. The van der Waals surface area contributed by atoms with Gasteiger partial charge in [0.15, 0.2) is 5.65 Å². The summed E-state index contributed by atoms with van der Waals surface area (Å²) < 4.78 is 2.10. The number of nitrogens with two attached hydrogens (primary N) is 1. The van der Waals surface area contributed by atoms with Gasteiger partial charge in [0.25, 0.3) is 0 Å². The Morgan fingerprint density at radius 2 is 2.12 bits per heavy atom. The Hall–Kier alpha value is -1.42. The summed E-state index contributed by atoms with van der Waals surface area (Å²) in [5.41, 5.74) is 8.19. The third-order valence-electron chi connectivity index (χ3n) is 3.99. The van der Waals surface area contributed by atoms with Crippen molar-refractivity contribution >= 4 is 5.65 Å². The molecule has 1 saturated carbocycles. The molecule has 0 aliphatic heterocycles. The first-order valence-electron chi connectivity index (χ1n) is 6.27. The molecule has 2 aromatic rings. The first kappa shape index (κ1) is 10.7. The Bertz CT molecular complexity index is 537. The van der Waals surface area contributed by atoms with Crippen LogP contribution in [-0.4, -0.2) is 21.1 Å². The Kier molecular flexibility index (Phi) is 2.40. The molecule has 1 aliphatic carbocycles. The van der Waals surface area contributed by atoms with E-state index >= 15 is 0 Å². The van der Waals surface area contributed by atoms with Crippen molar-refractivity contribution in [1.29, 1.82) is 0 Å². The zero-order valence-corrected chi connectivity index (χ0v) is 10.2. The van der Waals surface area contributed by atoms with Gasteiger partial charge in [-0.15, -0.1) is 10.2 Å². The molecule has 0 spiro atoms. The van der Waals surface area contributed by atoms with Gasteiger partial charge in [-0.05, 0) is 37.5 Å². The number of aromatic nitrogens is 3. The van der Waals surface area contributed by atoms with Crippen molar-refractivity contribution in [2.75, 3.05) is 6.54 Å². The minimum Gasteiger partial charge on any atom is -0.329 e. The lowest BCUT2D eigenvalue weighted by Gasteiger charge is -2.24. The van der Waals surface area contributed by atoms with Crippen LogP contribution in [0.4, 0.5) is 0 Å². The van der Waals surface area contributed by atoms with Crippen molar-refractivity contribution < 1.29 is 0 Å². The largest absolute Gasteiger partial charge is 0.329 e. The SMILES string of the molecule is Cc1ccn2c(C3(CN)CCCC3)nnc2c1. The minimum absolute atomic E-state index is 0.0503. The summed E-state index contributed by atoms with van der Waals surface area (Å²) in [4.78, 5) is 0. The van der Waals surface area contributed by atoms with E-state index in [0.717, 1.165) is 24.3 Å². The monoisotopic (exact) mass is 230 g/mol. The van der Waals surface area contributed by atoms with Gasteiger partial charge in [0.1, 0.15) is 5.82 Å². The van der Waals surface area contributed by atoms with E-state index in [2.05, 4.69) is 39.9 Å². The number of hydrogen-bond acceptors (Lipinski definition) is 3. The quantitative estimate of drug-likeness (QED) is 0.856. The highest BCUT2D eigenvalue weighted by atomic mass is 15.3. The van der Waals surface area contributed by atoms with Crippen LogP contribution in [0.1, 0.15) is 37.1 Å². The van der Waals surface area contributed by atoms with Gasteiger partial charge in [0, 0.05) is 18.2 Å². The molecule has 0 saturated heterocycles. The first-order valence-corrected chi connectivity index (χ1v) is 6.27. The van der Waals surface area contributed by atoms with Gasteiger partial charge in [0.2, 0.25) is 0 Å². The molecular formula is C13H18N4. The molecular weight excluding hydrogens is 212 g/mol. The molecule has 0 radical (unpaired) electrons. The van der Waals surface area contributed by atoms with Crippen LogP contribution in [0, 0.1) is 6.92 Å². The molecule has 0 unspecified atom stereocenters. The molecule has 0 amide bonds. The number of aryl methyl sites for hydroxylation is 1. The maximum atomic E-state index is 6.00. The smallest absolute Gasteiger partial charge is 0.161 e. The van der Waals surface area contributed by atoms with Crippen molar-refractivity contribution in [2.24, 2.45) is 5.73 Å². The molecule has 0 bridgehead atoms. The fourth-order valence-electron chi connectivity index (χ4n) is 2.93. The summed E-state index contributed by atoms with van der Waals surface area (Å²) in [6.45, 7) is 2.74. The van der Waals surface area contributed by atoms with Crippen LogP contribution in [-0.2, 0) is 5.41 Å². The van der Waals surface area contributed by atoms with Crippen LogP contribution in [0.3, 0.4) is 0 Å². The highest BCUT2D eigenvalue weighted by molar-refractivity contribution is 5.42. The van der Waals surface area contributed by atoms with E-state index in [1.165, 1.54) is 18.4 Å². The molecule has 2 N–H and O–H groups in total. The summed E-state index contributed by atoms with van der Waals surface area (Å²) in [5.74, 6) is 1.05. The zero-order valence-electron chi connectivity index (χ0n) is 10.2. The predicted octanol–water partition coefficient (Wildman–Crippen LogP) is 1.81. The van der Waals surface area contributed by atoms with Crippen molar-refractivity contribution in [3.05, 3.63) is 29.7 Å². The second-order valence-corrected chi connectivity index (χ2v) is 5.15. The van der Waals surface area contributed by atoms with Crippen molar-refractivity contribution in [1.82, 2.24) is 14.6 Å². The van der Waals surface area contributed by atoms with Crippen LogP contribution < -0.4 is 5.73 Å². The molecule has 90 valence electrons. The average Bonchev–Trinajstić information content (AvgIpc) is 2.94. The van der Waals surface area contributed by atoms with Crippen LogP contribution in [0.2, 0.25) is 0 Å². The lowest BCUT2D eigenvalue weighted by atomic mass is 9.85. The van der Waals surface area contributed by atoms with E-state index in [1.54, 1.807) is 0 Å². The van der Waals surface area contributed by atoms with Gasteiger partial charge in [-0.2, -0.15) is 0 Å². The second-order valence-electron chi connectivity index (χ2n) is 5.15. The molecule has 2 heterocycles. The van der Waals surface area contributed by atoms with Gasteiger partial charge in [-0.25, -0.2) is 0 Å². The molecule has 1 aliphatic rings. The summed E-state index contributed by atoms with van der Waals surface area (Å²) in [7, 11) is 0. The number of nitrogens with zero attached hydrogens (tertiary/aromatic N) is 3. The van der Waals surface area contributed by atoms with Gasteiger partial charge in [-0.3, -0.25) is 4.40 Å². The van der Waals surface area contributed by atoms with Crippen LogP contribution in [0.5, 0.6) is 0 Å². The lowest BCUT2D eigenvalue weighted by molar-refractivity contribution is 0.420. The third kappa shape index (κ3) is 1.55. The third-order valence-corrected chi connectivity index (χ3v) is 3.99. The Morgan fingerprint density at radius 1 is 1.35 bits per heavy atom. The maximum Gasteiger partial charge on any atom is 0.161 e. The van der Waals surface area contributed by atoms with Gasteiger partial charge < -0.3 is 5.73 Å². The van der Waals surface area contributed by atoms with Gasteiger partial charge in [0.05, 0.1) is 0 Å². The highest BCUT2D eigenvalue weighted by Crippen LogP contribution is 2.39. The molecule has 2 aromatic heterocycles. The lowest BCUT2D eigenvalue weighted by Crippen LogP contribution is -2.34. The first-order chi connectivity index (χ1) is 8.25. The van der Waals surface area contributed by atoms with E-state index in [9.17, 15) is 0 Å². The number of hydrogen-bond donors (Lipinski definition) is 1. The van der Waals surface area contributed by atoms with E-state index in [-0.39, 0.29) is 5.41 Å². The van der Waals surface area contributed by atoms with Gasteiger partial charge in [-0.1, -0.05) is 12.8 Å². The Balaban J connectivity index is 2.17. The summed E-state index contributed by atoms with van der Waals surface area (Å²) >= 11 is 0. The van der Waals surface area contributed by atoms with Crippen LogP contribution >= 0.6 is 0 Å².